The first-order valence-electron chi connectivity index (χ1n) is 5.57. The molecule has 0 saturated carbocycles. The molecule has 0 aliphatic carbocycles. The number of anilines is 1. The highest BCUT2D eigenvalue weighted by Gasteiger charge is 2.07. The van der Waals surface area contributed by atoms with Gasteiger partial charge in [0.05, 0.1) is 0 Å². The second-order valence-corrected chi connectivity index (χ2v) is 3.97. The SMILES string of the molecule is CC(N)CCC(=O)Nc1cccc(OC(F)F)c1. The molecule has 0 aliphatic rings. The lowest BCUT2D eigenvalue weighted by Gasteiger charge is -2.09. The molecule has 0 radical (unpaired) electrons. The van der Waals surface area contributed by atoms with Crippen molar-refractivity contribution in [3.05, 3.63) is 24.3 Å². The lowest BCUT2D eigenvalue weighted by molar-refractivity contribution is -0.116. The van der Waals surface area contributed by atoms with E-state index in [1.54, 1.807) is 6.07 Å². The van der Waals surface area contributed by atoms with Crippen LogP contribution in [0.4, 0.5) is 14.5 Å². The molecule has 1 atom stereocenters. The van der Waals surface area contributed by atoms with Crippen LogP contribution in [0.5, 0.6) is 5.75 Å². The second kappa shape index (κ2) is 6.90. The number of hydrogen-bond acceptors (Lipinski definition) is 3. The number of hydrogen-bond donors (Lipinski definition) is 2. The molecule has 3 N–H and O–H groups in total. The molecule has 100 valence electrons. The van der Waals surface area contributed by atoms with Gasteiger partial charge >= 0.3 is 6.61 Å². The summed E-state index contributed by atoms with van der Waals surface area (Å²) >= 11 is 0. The molecule has 1 aromatic carbocycles. The van der Waals surface area contributed by atoms with Gasteiger partial charge in [-0.1, -0.05) is 6.07 Å². The number of nitrogens with one attached hydrogen (secondary N) is 1. The Balaban J connectivity index is 2.53. The van der Waals surface area contributed by atoms with Gasteiger partial charge in [-0.2, -0.15) is 8.78 Å². The van der Waals surface area contributed by atoms with Gasteiger partial charge in [0.2, 0.25) is 5.91 Å². The van der Waals surface area contributed by atoms with E-state index in [1.165, 1.54) is 18.2 Å². The van der Waals surface area contributed by atoms with Gasteiger partial charge in [0.25, 0.3) is 0 Å². The molecule has 0 saturated heterocycles. The summed E-state index contributed by atoms with van der Waals surface area (Å²) in [4.78, 5) is 11.5. The highest BCUT2D eigenvalue weighted by atomic mass is 19.3. The maximum absolute atomic E-state index is 12.0. The van der Waals surface area contributed by atoms with Gasteiger partial charge in [0.1, 0.15) is 5.75 Å². The summed E-state index contributed by atoms with van der Waals surface area (Å²) in [6, 6.07) is 5.81. The number of alkyl halides is 2. The van der Waals surface area contributed by atoms with E-state index in [-0.39, 0.29) is 24.1 Å². The van der Waals surface area contributed by atoms with Crippen molar-refractivity contribution < 1.29 is 18.3 Å². The molecule has 1 amide bonds. The molecule has 0 bridgehead atoms. The van der Waals surface area contributed by atoms with Gasteiger partial charge in [-0.3, -0.25) is 4.79 Å². The Bertz CT molecular complexity index is 397. The van der Waals surface area contributed by atoms with E-state index in [0.717, 1.165) is 0 Å². The monoisotopic (exact) mass is 258 g/mol. The molecule has 1 aromatic rings. The molecule has 0 heterocycles. The number of ether oxygens (including phenoxy) is 1. The van der Waals surface area contributed by atoms with Gasteiger partial charge in [0, 0.05) is 24.2 Å². The number of carbonyl (C=O) groups is 1. The summed E-state index contributed by atoms with van der Waals surface area (Å²) in [7, 11) is 0. The average Bonchev–Trinajstić information content (AvgIpc) is 2.26. The summed E-state index contributed by atoms with van der Waals surface area (Å²) in [6.45, 7) is -1.07. The number of halogens is 2. The van der Waals surface area contributed by atoms with Crippen molar-refractivity contribution in [2.24, 2.45) is 5.73 Å². The fraction of sp³-hybridized carbons (Fsp3) is 0.417. The Morgan fingerprint density at radius 1 is 1.50 bits per heavy atom. The molecule has 4 nitrogen and oxygen atoms in total. The normalized spacial score (nSPS) is 12.3. The highest BCUT2D eigenvalue weighted by Crippen LogP contribution is 2.19. The summed E-state index contributed by atoms with van der Waals surface area (Å²) in [5, 5.41) is 2.59. The van der Waals surface area contributed by atoms with Gasteiger partial charge in [-0.15, -0.1) is 0 Å². The second-order valence-electron chi connectivity index (χ2n) is 3.97. The van der Waals surface area contributed by atoms with E-state index in [9.17, 15) is 13.6 Å². The predicted molar refractivity (Wildman–Crippen MR) is 64.6 cm³/mol. The third-order valence-corrected chi connectivity index (χ3v) is 2.17. The van der Waals surface area contributed by atoms with E-state index in [4.69, 9.17) is 5.73 Å². The first kappa shape index (κ1) is 14.4. The Labute approximate surface area is 104 Å². The first-order valence-corrected chi connectivity index (χ1v) is 5.57. The number of rotatable bonds is 6. The van der Waals surface area contributed by atoms with Crippen LogP contribution in [0.1, 0.15) is 19.8 Å². The number of amides is 1. The summed E-state index contributed by atoms with van der Waals surface area (Å²) < 4.78 is 28.2. The van der Waals surface area contributed by atoms with E-state index in [0.29, 0.717) is 12.1 Å². The molecule has 0 aromatic heterocycles. The topological polar surface area (TPSA) is 64.4 Å². The fourth-order valence-electron chi connectivity index (χ4n) is 1.33. The molecular formula is C12H16F2N2O2. The van der Waals surface area contributed by atoms with Crippen molar-refractivity contribution in [1.29, 1.82) is 0 Å². The zero-order valence-electron chi connectivity index (χ0n) is 10.0. The van der Waals surface area contributed by atoms with Crippen LogP contribution in [0.15, 0.2) is 24.3 Å². The smallest absolute Gasteiger partial charge is 0.387 e. The maximum Gasteiger partial charge on any atom is 0.387 e. The van der Waals surface area contributed by atoms with E-state index >= 15 is 0 Å². The van der Waals surface area contributed by atoms with Crippen molar-refractivity contribution >= 4 is 11.6 Å². The third kappa shape index (κ3) is 5.58. The summed E-state index contributed by atoms with van der Waals surface area (Å²) in [5.74, 6) is -0.198. The van der Waals surface area contributed by atoms with Gasteiger partial charge < -0.3 is 15.8 Å². The maximum atomic E-state index is 12.0. The Kier molecular flexibility index (Phi) is 5.51. The van der Waals surface area contributed by atoms with Gasteiger partial charge in [0.15, 0.2) is 0 Å². The van der Waals surface area contributed by atoms with E-state index in [2.05, 4.69) is 10.1 Å². The first-order chi connectivity index (χ1) is 8.47. The summed E-state index contributed by atoms with van der Waals surface area (Å²) in [6.07, 6.45) is 0.858. The fourth-order valence-corrected chi connectivity index (χ4v) is 1.33. The number of benzene rings is 1. The minimum Gasteiger partial charge on any atom is -0.435 e. The Hall–Kier alpha value is -1.69. The van der Waals surface area contributed by atoms with Crippen LogP contribution in [0.2, 0.25) is 0 Å². The molecule has 1 unspecified atom stereocenters. The minimum atomic E-state index is -2.88. The lowest BCUT2D eigenvalue weighted by Crippen LogP contribution is -2.19. The molecule has 6 heteroatoms. The van der Waals surface area contributed by atoms with Crippen LogP contribution in [-0.4, -0.2) is 18.6 Å². The van der Waals surface area contributed by atoms with Crippen molar-refractivity contribution in [1.82, 2.24) is 0 Å². The molecule has 1 rings (SSSR count). The minimum absolute atomic E-state index is 0.00925. The predicted octanol–water partition coefficient (Wildman–Crippen LogP) is 2.35. The van der Waals surface area contributed by atoms with Crippen molar-refractivity contribution in [3.63, 3.8) is 0 Å². The number of carbonyl (C=O) groups excluding carboxylic acids is 1. The third-order valence-electron chi connectivity index (χ3n) is 2.17. The van der Waals surface area contributed by atoms with Crippen LogP contribution >= 0.6 is 0 Å². The van der Waals surface area contributed by atoms with Gasteiger partial charge in [-0.25, -0.2) is 0 Å². The largest absolute Gasteiger partial charge is 0.435 e. The van der Waals surface area contributed by atoms with Crippen LogP contribution in [-0.2, 0) is 4.79 Å². The standard InChI is InChI=1S/C12H16F2N2O2/c1-8(15)5-6-11(17)16-9-3-2-4-10(7-9)18-12(13)14/h2-4,7-8,12H,5-6,15H2,1H3,(H,16,17). The van der Waals surface area contributed by atoms with E-state index in [1.807, 2.05) is 6.92 Å². The highest BCUT2D eigenvalue weighted by molar-refractivity contribution is 5.90. The van der Waals surface area contributed by atoms with E-state index < -0.39 is 6.61 Å². The van der Waals surface area contributed by atoms with Crippen molar-refractivity contribution in [2.75, 3.05) is 5.32 Å². The molecule has 0 fully saturated rings. The number of nitrogens with two attached hydrogens (primary N) is 1. The Morgan fingerprint density at radius 3 is 2.83 bits per heavy atom. The molecule has 18 heavy (non-hydrogen) atoms. The zero-order chi connectivity index (χ0) is 13.5. The molecule has 0 aliphatic heterocycles. The van der Waals surface area contributed by atoms with Crippen LogP contribution < -0.4 is 15.8 Å². The lowest BCUT2D eigenvalue weighted by atomic mass is 10.2. The summed E-state index contributed by atoms with van der Waals surface area (Å²) in [5.41, 5.74) is 5.95. The van der Waals surface area contributed by atoms with Crippen molar-refractivity contribution in [3.8, 4) is 5.75 Å². The zero-order valence-corrected chi connectivity index (χ0v) is 10.0. The Morgan fingerprint density at radius 2 is 2.22 bits per heavy atom. The van der Waals surface area contributed by atoms with Crippen LogP contribution in [0.25, 0.3) is 0 Å². The van der Waals surface area contributed by atoms with Crippen molar-refractivity contribution in [2.45, 2.75) is 32.4 Å². The quantitative estimate of drug-likeness (QED) is 0.823. The van der Waals surface area contributed by atoms with Gasteiger partial charge in [-0.05, 0) is 25.5 Å². The van der Waals surface area contributed by atoms with Crippen LogP contribution in [0, 0.1) is 0 Å². The average molecular weight is 258 g/mol. The molecule has 0 spiro atoms. The van der Waals surface area contributed by atoms with Crippen LogP contribution in [0.3, 0.4) is 0 Å². The molecular weight excluding hydrogens is 242 g/mol.